The van der Waals surface area contributed by atoms with Crippen LogP contribution in [-0.4, -0.2) is 84.6 Å². The highest BCUT2D eigenvalue weighted by Gasteiger charge is 2.62. The normalized spacial score (nSPS) is 23.0. The number of nitrogens with one attached hydrogen (secondary N) is 3. The van der Waals surface area contributed by atoms with Crippen molar-refractivity contribution in [3.8, 4) is 22.8 Å². The largest absolute Gasteiger partial charge is 0.497 e. The highest BCUT2D eigenvalue weighted by Crippen LogP contribution is 2.46. The van der Waals surface area contributed by atoms with Crippen molar-refractivity contribution in [2.75, 3.05) is 13.7 Å². The number of sulfonamides is 1. The number of ether oxygens (including phenoxy) is 2. The summed E-state index contributed by atoms with van der Waals surface area (Å²) in [6.45, 7) is 14.5. The Morgan fingerprint density at radius 2 is 1.71 bits per heavy atom. The van der Waals surface area contributed by atoms with Gasteiger partial charge in [0.15, 0.2) is 0 Å². The number of pyridine rings is 1. The van der Waals surface area contributed by atoms with Gasteiger partial charge in [0, 0.05) is 40.8 Å². The molecular formula is C41H51N5O8S. The van der Waals surface area contributed by atoms with Gasteiger partial charge in [0.05, 0.1) is 30.1 Å². The maximum absolute atomic E-state index is 14.7. The molecule has 294 valence electrons. The molecule has 13 nitrogen and oxygen atoms in total. The summed E-state index contributed by atoms with van der Waals surface area (Å²) < 4.78 is 39.9. The lowest BCUT2D eigenvalue weighted by molar-refractivity contribution is -0.145. The minimum absolute atomic E-state index is 0.0182. The third-order valence-electron chi connectivity index (χ3n) is 10.5. The van der Waals surface area contributed by atoms with Crippen molar-refractivity contribution in [3.05, 3.63) is 67.3 Å². The lowest BCUT2D eigenvalue weighted by atomic mass is 9.84. The van der Waals surface area contributed by atoms with E-state index in [1.54, 1.807) is 40.0 Å². The molecule has 3 aliphatic rings. The first kappa shape index (κ1) is 39.7. The van der Waals surface area contributed by atoms with Gasteiger partial charge in [-0.2, -0.15) is 0 Å². The van der Waals surface area contributed by atoms with Crippen molar-refractivity contribution in [2.24, 2.45) is 16.7 Å². The zero-order chi connectivity index (χ0) is 40.1. The molecule has 0 bridgehead atoms. The first-order valence-corrected chi connectivity index (χ1v) is 20.1. The lowest BCUT2D eigenvalue weighted by Crippen LogP contribution is -2.60. The minimum atomic E-state index is -3.90. The van der Waals surface area contributed by atoms with Crippen LogP contribution in [0.2, 0.25) is 0 Å². The van der Waals surface area contributed by atoms with Crippen LogP contribution in [0.3, 0.4) is 0 Å². The van der Waals surface area contributed by atoms with Crippen molar-refractivity contribution >= 4 is 44.6 Å². The number of methoxy groups -OCH3 is 1. The first-order chi connectivity index (χ1) is 25.8. The number of hydrogen-bond donors (Lipinski definition) is 3. The Labute approximate surface area is 322 Å². The predicted octanol–water partition coefficient (Wildman–Crippen LogP) is 4.51. The van der Waals surface area contributed by atoms with Gasteiger partial charge in [-0.1, -0.05) is 78.0 Å². The zero-order valence-electron chi connectivity index (χ0n) is 32.5. The van der Waals surface area contributed by atoms with E-state index in [-0.39, 0.29) is 25.3 Å². The van der Waals surface area contributed by atoms with E-state index in [1.807, 2.05) is 63.2 Å². The summed E-state index contributed by atoms with van der Waals surface area (Å²) in [6.07, 6.45) is 1.92. The average molecular weight is 774 g/mol. The highest BCUT2D eigenvalue weighted by atomic mass is 32.2. The molecule has 5 unspecified atom stereocenters. The van der Waals surface area contributed by atoms with E-state index in [1.165, 1.54) is 11.0 Å². The van der Waals surface area contributed by atoms with Crippen LogP contribution in [0.15, 0.2) is 67.3 Å². The van der Waals surface area contributed by atoms with Crippen LogP contribution in [0.25, 0.3) is 22.2 Å². The molecule has 14 heteroatoms. The molecule has 5 atom stereocenters. The van der Waals surface area contributed by atoms with Gasteiger partial charge in [-0.3, -0.25) is 23.9 Å². The maximum Gasteiger partial charge on any atom is 0.259 e. The molecule has 3 N–H and O–H groups in total. The monoisotopic (exact) mass is 773 g/mol. The standard InChI is InChI=1S/C41H51N5O8S/c1-9-25-22-41(25,38(50)45-55(51,52)28-16-17-28)44-35(47)32-20-27(23-46(32)36(48)34(39(2,3)4)43-37(49)40(5,6)7)54-33-21-30(24-13-11-10-12-14-24)42-31-19-26(53-8)15-18-29(31)33/h9-15,18-19,21,25,27-28,32,34H,1,16-17,20,22-23H2,2-8H3,(H,43,49)(H,44,47)(H,45,50). The van der Waals surface area contributed by atoms with E-state index in [4.69, 9.17) is 14.5 Å². The smallest absolute Gasteiger partial charge is 0.259 e. The van der Waals surface area contributed by atoms with Crippen LogP contribution in [0.4, 0.5) is 0 Å². The fraction of sp³-hybridized carbons (Fsp3) is 0.488. The van der Waals surface area contributed by atoms with Gasteiger partial charge in [0.1, 0.15) is 35.2 Å². The summed E-state index contributed by atoms with van der Waals surface area (Å²) in [5, 5.41) is 5.81. The zero-order valence-corrected chi connectivity index (χ0v) is 33.3. The molecular weight excluding hydrogens is 723 g/mol. The Morgan fingerprint density at radius 1 is 1.02 bits per heavy atom. The summed E-state index contributed by atoms with van der Waals surface area (Å²) in [6, 6.07) is 14.7. The van der Waals surface area contributed by atoms with Crippen LogP contribution in [0, 0.1) is 16.7 Å². The number of aromatic nitrogens is 1. The van der Waals surface area contributed by atoms with Gasteiger partial charge >= 0.3 is 0 Å². The molecule has 2 saturated carbocycles. The molecule has 2 aromatic carbocycles. The Balaban J connectivity index is 1.35. The van der Waals surface area contributed by atoms with Gasteiger partial charge in [-0.05, 0) is 36.8 Å². The molecule has 2 aliphatic carbocycles. The van der Waals surface area contributed by atoms with E-state index in [0.717, 1.165) is 5.56 Å². The van der Waals surface area contributed by atoms with Crippen LogP contribution in [-0.2, 0) is 29.2 Å². The van der Waals surface area contributed by atoms with E-state index in [2.05, 4.69) is 21.9 Å². The van der Waals surface area contributed by atoms with E-state index < -0.39 is 73.5 Å². The van der Waals surface area contributed by atoms with Gasteiger partial charge in [-0.25, -0.2) is 13.4 Å². The van der Waals surface area contributed by atoms with E-state index >= 15 is 0 Å². The van der Waals surface area contributed by atoms with Gasteiger partial charge < -0.3 is 25.0 Å². The summed E-state index contributed by atoms with van der Waals surface area (Å²) >= 11 is 0. The number of likely N-dealkylation sites (tertiary alicyclic amines) is 1. The van der Waals surface area contributed by atoms with Crippen molar-refractivity contribution in [2.45, 2.75) is 96.2 Å². The highest BCUT2D eigenvalue weighted by molar-refractivity contribution is 7.91. The molecule has 0 spiro atoms. The van der Waals surface area contributed by atoms with Crippen LogP contribution in [0.1, 0.15) is 67.2 Å². The van der Waals surface area contributed by atoms with Crippen LogP contribution < -0.4 is 24.8 Å². The number of rotatable bonds is 12. The van der Waals surface area contributed by atoms with Crippen LogP contribution >= 0.6 is 0 Å². The molecule has 3 aromatic rings. The molecule has 1 aromatic heterocycles. The van der Waals surface area contributed by atoms with Crippen molar-refractivity contribution < 1.29 is 37.1 Å². The summed E-state index contributed by atoms with van der Waals surface area (Å²) in [7, 11) is -2.33. The fourth-order valence-corrected chi connectivity index (χ4v) is 8.26. The molecule has 1 saturated heterocycles. The van der Waals surface area contributed by atoms with Crippen molar-refractivity contribution in [1.82, 2.24) is 25.2 Å². The van der Waals surface area contributed by atoms with E-state index in [9.17, 15) is 27.6 Å². The second-order valence-corrected chi connectivity index (χ2v) is 18.9. The third-order valence-corrected chi connectivity index (χ3v) is 12.3. The second-order valence-electron chi connectivity index (χ2n) is 16.9. The van der Waals surface area contributed by atoms with Crippen LogP contribution in [0.5, 0.6) is 11.5 Å². The van der Waals surface area contributed by atoms with Crippen molar-refractivity contribution in [3.63, 3.8) is 0 Å². The van der Waals surface area contributed by atoms with Gasteiger partial charge in [0.2, 0.25) is 27.7 Å². The molecule has 3 fully saturated rings. The van der Waals surface area contributed by atoms with Gasteiger partial charge in [0.25, 0.3) is 5.91 Å². The number of nitrogens with zero attached hydrogens (tertiary/aromatic N) is 2. The Morgan fingerprint density at radius 3 is 2.29 bits per heavy atom. The summed E-state index contributed by atoms with van der Waals surface area (Å²) in [5.41, 5.74) is -0.993. The van der Waals surface area contributed by atoms with Gasteiger partial charge in [-0.15, -0.1) is 6.58 Å². The molecule has 55 heavy (non-hydrogen) atoms. The summed E-state index contributed by atoms with van der Waals surface area (Å²) in [5.74, 6) is -1.74. The molecule has 1 aliphatic heterocycles. The Kier molecular flexibility index (Phi) is 10.5. The third kappa shape index (κ3) is 8.34. The Bertz CT molecular complexity index is 2120. The molecule has 2 heterocycles. The number of carbonyl (C=O) groups is 4. The SMILES string of the molecule is C=CC1CC1(NC(=O)C1CC(Oc2cc(-c3ccccc3)nc3cc(OC)ccc23)CN1C(=O)C(NC(=O)C(C)(C)C)C(C)(C)C)C(=O)NS(=O)(=O)C1CC1. The number of amides is 4. The predicted molar refractivity (Wildman–Crippen MR) is 208 cm³/mol. The molecule has 6 rings (SSSR count). The quantitative estimate of drug-likeness (QED) is 0.224. The number of fused-ring (bicyclic) bond motifs is 1. The number of benzene rings is 2. The van der Waals surface area contributed by atoms with Crippen molar-refractivity contribution in [1.29, 1.82) is 0 Å². The molecule has 0 radical (unpaired) electrons. The summed E-state index contributed by atoms with van der Waals surface area (Å²) in [4.78, 5) is 62.2. The number of hydrogen-bond acceptors (Lipinski definition) is 9. The average Bonchev–Trinajstić information content (AvgIpc) is 4.06. The fourth-order valence-electron chi connectivity index (χ4n) is 6.89. The topological polar surface area (TPSA) is 173 Å². The number of carbonyl (C=O) groups excluding carboxylic acids is 4. The van der Waals surface area contributed by atoms with E-state index in [0.29, 0.717) is 40.9 Å². The second kappa shape index (κ2) is 14.6. The Hall–Kier alpha value is -4.98. The first-order valence-electron chi connectivity index (χ1n) is 18.6. The maximum atomic E-state index is 14.7. The minimum Gasteiger partial charge on any atom is -0.497 e. The molecule has 4 amide bonds. The lowest BCUT2D eigenvalue weighted by Gasteiger charge is -2.37.